The van der Waals surface area contributed by atoms with Crippen LogP contribution in [0.2, 0.25) is 0 Å². The molecular formula is C18H14F4N2O2S. The lowest BCUT2D eigenvalue weighted by atomic mass is 10.1. The molecule has 1 N–H and O–H groups in total. The van der Waals surface area contributed by atoms with Crippen LogP contribution >= 0.6 is 0 Å². The summed E-state index contributed by atoms with van der Waals surface area (Å²) in [5, 5.41) is 0.877. The molecule has 4 rings (SSSR count). The summed E-state index contributed by atoms with van der Waals surface area (Å²) < 4.78 is 79.2. The third kappa shape index (κ3) is 3.00. The van der Waals surface area contributed by atoms with Crippen LogP contribution in [0, 0.1) is 5.82 Å². The van der Waals surface area contributed by atoms with Crippen molar-refractivity contribution in [2.75, 3.05) is 6.54 Å². The van der Waals surface area contributed by atoms with Gasteiger partial charge in [0.15, 0.2) is 0 Å². The van der Waals surface area contributed by atoms with E-state index in [1.165, 1.54) is 0 Å². The van der Waals surface area contributed by atoms with E-state index >= 15 is 0 Å². The number of hydrogen-bond donors (Lipinski definition) is 1. The summed E-state index contributed by atoms with van der Waals surface area (Å²) in [5.41, 5.74) is 1.01. The topological polar surface area (TPSA) is 53.2 Å². The van der Waals surface area contributed by atoms with Gasteiger partial charge in [-0.05, 0) is 29.8 Å². The predicted octanol–water partition coefficient (Wildman–Crippen LogP) is 4.07. The standard InChI is InChI=1S/C18H14F4N2O2S/c19-15-6-5-11(9-14(15)18(20,21)22)27(25,26)24-8-7-17-13(10-24)12-3-1-2-4-16(12)23-17/h1-6,9,23H,7-8,10H2. The Bertz CT molecular complexity index is 1140. The van der Waals surface area contributed by atoms with Gasteiger partial charge in [0.25, 0.3) is 0 Å². The fourth-order valence-electron chi connectivity index (χ4n) is 3.38. The minimum absolute atomic E-state index is 0.0421. The first-order valence-electron chi connectivity index (χ1n) is 8.13. The van der Waals surface area contributed by atoms with E-state index in [0.29, 0.717) is 18.6 Å². The highest BCUT2D eigenvalue weighted by Crippen LogP contribution is 2.35. The Hall–Kier alpha value is -2.39. The molecule has 1 aliphatic heterocycles. The maximum absolute atomic E-state index is 13.5. The predicted molar refractivity (Wildman–Crippen MR) is 91.0 cm³/mol. The van der Waals surface area contributed by atoms with Crippen LogP contribution in [0.4, 0.5) is 17.6 Å². The molecule has 3 aromatic rings. The van der Waals surface area contributed by atoms with Crippen LogP contribution < -0.4 is 0 Å². The second kappa shape index (κ2) is 6.07. The SMILES string of the molecule is O=S(=O)(c1ccc(F)c(C(F)(F)F)c1)N1CCc2[nH]c3ccccc3c2C1. The Labute approximate surface area is 152 Å². The Morgan fingerprint density at radius 3 is 2.56 bits per heavy atom. The molecule has 27 heavy (non-hydrogen) atoms. The zero-order chi connectivity index (χ0) is 19.4. The molecular weight excluding hydrogens is 384 g/mol. The van der Waals surface area contributed by atoms with Gasteiger partial charge in [0.05, 0.1) is 10.5 Å². The fourth-order valence-corrected chi connectivity index (χ4v) is 4.81. The molecule has 0 aliphatic carbocycles. The number of halogens is 4. The van der Waals surface area contributed by atoms with Crippen molar-refractivity contribution < 1.29 is 26.0 Å². The van der Waals surface area contributed by atoms with Gasteiger partial charge < -0.3 is 4.98 Å². The molecule has 0 radical (unpaired) electrons. The molecule has 2 heterocycles. The second-order valence-corrected chi connectivity index (χ2v) is 8.29. The van der Waals surface area contributed by atoms with Gasteiger partial charge in [0.1, 0.15) is 5.82 Å². The molecule has 1 aliphatic rings. The van der Waals surface area contributed by atoms with E-state index in [1.807, 2.05) is 24.3 Å². The minimum Gasteiger partial charge on any atom is -0.358 e. The van der Waals surface area contributed by atoms with Crippen LogP contribution in [0.5, 0.6) is 0 Å². The van der Waals surface area contributed by atoms with E-state index in [1.54, 1.807) is 0 Å². The molecule has 0 atom stereocenters. The Balaban J connectivity index is 1.74. The fraction of sp³-hybridized carbons (Fsp3) is 0.222. The molecule has 2 aromatic carbocycles. The van der Waals surface area contributed by atoms with Gasteiger partial charge >= 0.3 is 6.18 Å². The van der Waals surface area contributed by atoms with Crippen molar-refractivity contribution in [3.05, 3.63) is 65.1 Å². The van der Waals surface area contributed by atoms with Crippen LogP contribution in [0.3, 0.4) is 0 Å². The lowest BCUT2D eigenvalue weighted by molar-refractivity contribution is -0.140. The summed E-state index contributed by atoms with van der Waals surface area (Å²) in [6, 6.07) is 9.19. The van der Waals surface area contributed by atoms with Crippen LogP contribution in [-0.4, -0.2) is 24.3 Å². The monoisotopic (exact) mass is 398 g/mol. The number of nitrogens with one attached hydrogen (secondary N) is 1. The maximum Gasteiger partial charge on any atom is 0.419 e. The molecule has 0 spiro atoms. The van der Waals surface area contributed by atoms with Gasteiger partial charge in [0, 0.05) is 36.1 Å². The number of sulfonamides is 1. The average Bonchev–Trinajstić information content (AvgIpc) is 2.98. The number of hydrogen-bond acceptors (Lipinski definition) is 2. The molecule has 1 aromatic heterocycles. The van der Waals surface area contributed by atoms with Gasteiger partial charge in [-0.1, -0.05) is 18.2 Å². The molecule has 0 bridgehead atoms. The number of benzene rings is 2. The summed E-state index contributed by atoms with van der Waals surface area (Å²) >= 11 is 0. The summed E-state index contributed by atoms with van der Waals surface area (Å²) in [7, 11) is -4.20. The Morgan fingerprint density at radius 1 is 1.07 bits per heavy atom. The van der Waals surface area contributed by atoms with Crippen molar-refractivity contribution in [3.8, 4) is 0 Å². The maximum atomic E-state index is 13.5. The van der Waals surface area contributed by atoms with Crippen molar-refractivity contribution in [1.82, 2.24) is 9.29 Å². The van der Waals surface area contributed by atoms with Crippen LogP contribution in [0.25, 0.3) is 10.9 Å². The molecule has 9 heteroatoms. The Morgan fingerprint density at radius 2 is 1.81 bits per heavy atom. The summed E-state index contributed by atoms with van der Waals surface area (Å²) in [4.78, 5) is 2.67. The molecule has 0 fully saturated rings. The highest BCUT2D eigenvalue weighted by molar-refractivity contribution is 7.89. The first-order chi connectivity index (χ1) is 12.7. The molecule has 0 amide bonds. The number of para-hydroxylation sites is 1. The number of nitrogens with zero attached hydrogens (tertiary/aromatic N) is 1. The van der Waals surface area contributed by atoms with Gasteiger partial charge in [-0.15, -0.1) is 0 Å². The van der Waals surface area contributed by atoms with E-state index in [9.17, 15) is 26.0 Å². The molecule has 0 saturated heterocycles. The lowest BCUT2D eigenvalue weighted by Crippen LogP contribution is -2.36. The highest BCUT2D eigenvalue weighted by atomic mass is 32.2. The Kier molecular flexibility index (Phi) is 4.04. The van der Waals surface area contributed by atoms with Crippen LogP contribution in [0.15, 0.2) is 47.4 Å². The smallest absolute Gasteiger partial charge is 0.358 e. The zero-order valence-corrected chi connectivity index (χ0v) is 14.7. The third-order valence-electron chi connectivity index (χ3n) is 4.73. The molecule has 142 valence electrons. The molecule has 4 nitrogen and oxygen atoms in total. The van der Waals surface area contributed by atoms with Crippen molar-refractivity contribution in [1.29, 1.82) is 0 Å². The van der Waals surface area contributed by atoms with Crippen molar-refractivity contribution in [2.24, 2.45) is 0 Å². The van der Waals surface area contributed by atoms with Crippen molar-refractivity contribution in [2.45, 2.75) is 24.0 Å². The summed E-state index contributed by atoms with van der Waals surface area (Å²) in [6.45, 7) is 0.168. The van der Waals surface area contributed by atoms with Crippen molar-refractivity contribution in [3.63, 3.8) is 0 Å². The zero-order valence-electron chi connectivity index (χ0n) is 13.8. The number of aromatic nitrogens is 1. The summed E-state index contributed by atoms with van der Waals surface area (Å²) in [5.74, 6) is -1.50. The largest absolute Gasteiger partial charge is 0.419 e. The number of fused-ring (bicyclic) bond motifs is 3. The normalized spacial score (nSPS) is 15.9. The highest BCUT2D eigenvalue weighted by Gasteiger charge is 2.37. The van der Waals surface area contributed by atoms with E-state index in [2.05, 4.69) is 4.98 Å². The first kappa shape index (κ1) is 18.0. The molecule has 0 unspecified atom stereocenters. The van der Waals surface area contributed by atoms with E-state index in [-0.39, 0.29) is 13.1 Å². The lowest BCUT2D eigenvalue weighted by Gasteiger charge is -2.26. The van der Waals surface area contributed by atoms with Gasteiger partial charge in [-0.3, -0.25) is 0 Å². The van der Waals surface area contributed by atoms with E-state index in [0.717, 1.165) is 32.5 Å². The number of rotatable bonds is 2. The number of H-pyrrole nitrogens is 1. The third-order valence-corrected chi connectivity index (χ3v) is 6.57. The van der Waals surface area contributed by atoms with Crippen LogP contribution in [-0.2, 0) is 29.2 Å². The second-order valence-electron chi connectivity index (χ2n) is 6.36. The van der Waals surface area contributed by atoms with E-state index in [4.69, 9.17) is 0 Å². The number of aromatic amines is 1. The van der Waals surface area contributed by atoms with Gasteiger partial charge in [-0.2, -0.15) is 17.5 Å². The first-order valence-corrected chi connectivity index (χ1v) is 9.57. The minimum atomic E-state index is -4.97. The number of alkyl halides is 3. The van der Waals surface area contributed by atoms with Crippen molar-refractivity contribution >= 4 is 20.9 Å². The average molecular weight is 398 g/mol. The van der Waals surface area contributed by atoms with Gasteiger partial charge in [0.2, 0.25) is 10.0 Å². The van der Waals surface area contributed by atoms with Crippen LogP contribution in [0.1, 0.15) is 16.8 Å². The molecule has 0 saturated carbocycles. The van der Waals surface area contributed by atoms with Gasteiger partial charge in [-0.25, -0.2) is 12.8 Å². The quantitative estimate of drug-likeness (QED) is 0.662. The summed E-state index contributed by atoms with van der Waals surface area (Å²) in [6.07, 6.45) is -4.56. The van der Waals surface area contributed by atoms with E-state index < -0.39 is 32.5 Å².